The van der Waals surface area contributed by atoms with Crippen LogP contribution in [-0.2, 0) is 7.05 Å². The van der Waals surface area contributed by atoms with Crippen molar-refractivity contribution in [2.24, 2.45) is 12.8 Å². The fourth-order valence-corrected chi connectivity index (χ4v) is 5.24. The van der Waals surface area contributed by atoms with Gasteiger partial charge in [-0.3, -0.25) is 14.3 Å². The summed E-state index contributed by atoms with van der Waals surface area (Å²) in [6.07, 6.45) is 8.82. The van der Waals surface area contributed by atoms with Gasteiger partial charge in [-0.1, -0.05) is 0 Å². The summed E-state index contributed by atoms with van der Waals surface area (Å²) in [6, 6.07) is 7.98. The maximum atomic E-state index is 13.1. The van der Waals surface area contributed by atoms with E-state index in [1.165, 1.54) is 0 Å². The predicted molar refractivity (Wildman–Crippen MR) is 138 cm³/mol. The van der Waals surface area contributed by atoms with E-state index in [-0.39, 0.29) is 23.7 Å². The molecule has 0 spiro atoms. The summed E-state index contributed by atoms with van der Waals surface area (Å²) in [5.74, 6) is 0.213. The fraction of sp³-hybridized carbons (Fsp3) is 0.400. The van der Waals surface area contributed by atoms with Gasteiger partial charge in [-0.2, -0.15) is 5.10 Å². The molecule has 1 aromatic carbocycles. The summed E-state index contributed by atoms with van der Waals surface area (Å²) in [6.45, 7) is 0. The average Bonchev–Trinajstić information content (AvgIpc) is 3.41. The molecule has 2 fully saturated rings. The maximum absolute atomic E-state index is 13.1. The summed E-state index contributed by atoms with van der Waals surface area (Å²) in [7, 11) is 5.75. The molecule has 4 heterocycles. The van der Waals surface area contributed by atoms with Gasteiger partial charge in [0.15, 0.2) is 11.5 Å². The molecule has 2 saturated heterocycles. The maximum Gasteiger partial charge on any atom is 0.271 e. The number of rotatable bonds is 7. The predicted octanol–water partition coefficient (Wildman–Crippen LogP) is 2.05. The van der Waals surface area contributed by atoms with Crippen LogP contribution in [0.25, 0.3) is 0 Å². The van der Waals surface area contributed by atoms with Crippen molar-refractivity contribution in [1.29, 1.82) is 0 Å². The van der Waals surface area contributed by atoms with Gasteiger partial charge in [-0.15, -0.1) is 0 Å². The molecule has 2 bridgehead atoms. The number of benzene rings is 1. The molecule has 0 radical (unpaired) electrons. The first-order chi connectivity index (χ1) is 17.3. The zero-order valence-electron chi connectivity index (χ0n) is 20.7. The van der Waals surface area contributed by atoms with Crippen LogP contribution in [0.2, 0.25) is 0 Å². The number of carbonyl (C=O) groups excluding carboxylic acids is 2. The number of piperidine rings is 1. The van der Waals surface area contributed by atoms with E-state index in [1.807, 2.05) is 43.3 Å². The molecule has 3 aromatic rings. The van der Waals surface area contributed by atoms with Crippen molar-refractivity contribution in [1.82, 2.24) is 25.1 Å². The van der Waals surface area contributed by atoms with Gasteiger partial charge in [-0.05, 0) is 49.9 Å². The molecule has 0 saturated carbocycles. The molecule has 2 aliphatic heterocycles. The highest BCUT2D eigenvalue weighted by molar-refractivity contribution is 5.96. The van der Waals surface area contributed by atoms with E-state index in [2.05, 4.69) is 25.6 Å². The topological polar surface area (TPSA) is 134 Å². The number of carbonyl (C=O) groups is 2. The first-order valence-electron chi connectivity index (χ1n) is 12.1. The van der Waals surface area contributed by atoms with Crippen molar-refractivity contribution in [3.63, 3.8) is 0 Å². The normalized spacial score (nSPS) is 20.8. The first-order valence-corrected chi connectivity index (χ1v) is 12.1. The summed E-state index contributed by atoms with van der Waals surface area (Å²) >= 11 is 0. The Kier molecular flexibility index (Phi) is 6.21. The Morgan fingerprint density at radius 3 is 2.50 bits per heavy atom. The minimum atomic E-state index is -0.660. The smallest absolute Gasteiger partial charge is 0.271 e. The Bertz CT molecular complexity index is 1270. The largest absolute Gasteiger partial charge is 0.378 e. The monoisotopic (exact) mass is 489 g/mol. The van der Waals surface area contributed by atoms with Crippen LogP contribution in [0.5, 0.6) is 0 Å². The van der Waals surface area contributed by atoms with Crippen LogP contribution in [0.3, 0.4) is 0 Å². The number of fused-ring (bicyclic) bond motifs is 2. The molecule has 36 heavy (non-hydrogen) atoms. The van der Waals surface area contributed by atoms with Crippen LogP contribution in [0, 0.1) is 0 Å². The van der Waals surface area contributed by atoms with Crippen molar-refractivity contribution < 1.29 is 9.59 Å². The van der Waals surface area contributed by atoms with Gasteiger partial charge in [0.2, 0.25) is 0 Å². The van der Waals surface area contributed by atoms with Crippen LogP contribution in [0.15, 0.2) is 42.9 Å². The number of anilines is 4. The van der Waals surface area contributed by atoms with Crippen molar-refractivity contribution in [2.45, 2.75) is 43.8 Å². The Hall–Kier alpha value is -4.15. The number of aryl methyl sites for hydroxylation is 1. The molecule has 3 atom stereocenters. The van der Waals surface area contributed by atoms with Gasteiger partial charge < -0.3 is 26.2 Å². The molecule has 11 heteroatoms. The molecular formula is C25H31N9O2. The van der Waals surface area contributed by atoms with E-state index in [1.54, 1.807) is 30.3 Å². The number of nitrogens with two attached hydrogens (primary N) is 1. The molecule has 3 unspecified atom stereocenters. The van der Waals surface area contributed by atoms with Crippen LogP contribution < -0.4 is 26.2 Å². The van der Waals surface area contributed by atoms with E-state index < -0.39 is 5.91 Å². The Morgan fingerprint density at radius 2 is 1.83 bits per heavy atom. The lowest BCUT2D eigenvalue weighted by Crippen LogP contribution is -2.55. The summed E-state index contributed by atoms with van der Waals surface area (Å²) < 4.78 is 1.65. The summed E-state index contributed by atoms with van der Waals surface area (Å²) in [5.41, 5.74) is 7.99. The van der Waals surface area contributed by atoms with Gasteiger partial charge in [0.25, 0.3) is 11.8 Å². The van der Waals surface area contributed by atoms with Crippen LogP contribution >= 0.6 is 0 Å². The number of nitrogens with one attached hydrogen (secondary N) is 2. The number of primary amides is 1. The summed E-state index contributed by atoms with van der Waals surface area (Å²) in [4.78, 5) is 38.4. The third-order valence-electron chi connectivity index (χ3n) is 7.01. The molecule has 2 aliphatic rings. The third kappa shape index (κ3) is 4.56. The highest BCUT2D eigenvalue weighted by atomic mass is 16.2. The van der Waals surface area contributed by atoms with Crippen LogP contribution in [0.1, 0.15) is 46.5 Å². The molecule has 2 amide bonds. The highest BCUT2D eigenvalue weighted by Gasteiger charge is 2.44. The second kappa shape index (κ2) is 9.48. The lowest BCUT2D eigenvalue weighted by Gasteiger charge is -2.41. The second-order valence-electron chi connectivity index (χ2n) is 9.62. The van der Waals surface area contributed by atoms with Crippen molar-refractivity contribution >= 4 is 34.8 Å². The van der Waals surface area contributed by atoms with Crippen LogP contribution in [0.4, 0.5) is 23.0 Å². The van der Waals surface area contributed by atoms with Crippen molar-refractivity contribution in [3.05, 3.63) is 54.1 Å². The number of hydrogen-bond acceptors (Lipinski definition) is 8. The zero-order chi connectivity index (χ0) is 25.4. The quantitative estimate of drug-likeness (QED) is 0.459. The molecule has 4 N–H and O–H groups in total. The highest BCUT2D eigenvalue weighted by Crippen LogP contribution is 2.39. The SMILES string of the molecule is CN(C)c1ccc(C(=O)NC2CCC3CCC2N3c2cnc(C(N)=O)c(Nc3cnn(C)c3)n2)cc1. The van der Waals surface area contributed by atoms with E-state index in [0.29, 0.717) is 28.9 Å². The molecule has 188 valence electrons. The lowest BCUT2D eigenvalue weighted by atomic mass is 9.96. The van der Waals surface area contributed by atoms with Crippen molar-refractivity contribution in [3.8, 4) is 0 Å². The number of nitrogens with zero attached hydrogens (tertiary/aromatic N) is 6. The molecule has 2 aromatic heterocycles. The average molecular weight is 490 g/mol. The molecule has 5 rings (SSSR count). The summed E-state index contributed by atoms with van der Waals surface area (Å²) in [5, 5.41) is 10.5. The standard InChI is InChI=1S/C25H31N9O2/c1-32(2)17-6-4-15(5-7-17)25(36)30-19-10-8-18-9-11-20(19)34(18)21-13-27-22(23(26)35)24(31-21)29-16-12-28-33(3)14-16/h4-7,12-14,18-20H,8-11H2,1-3H3,(H2,26,35)(H,29,31)(H,30,36). The van der Waals surface area contributed by atoms with Gasteiger partial charge in [0.1, 0.15) is 5.82 Å². The third-order valence-corrected chi connectivity index (χ3v) is 7.01. The molecule has 11 nitrogen and oxygen atoms in total. The Balaban J connectivity index is 1.37. The minimum absolute atomic E-state index is 0.0166. The van der Waals surface area contributed by atoms with Crippen LogP contribution in [-0.4, -0.2) is 63.8 Å². The number of hydrogen-bond donors (Lipinski definition) is 3. The van der Waals surface area contributed by atoms with Gasteiger partial charge in [-0.25, -0.2) is 9.97 Å². The van der Waals surface area contributed by atoms with Gasteiger partial charge in [0, 0.05) is 50.7 Å². The first kappa shape index (κ1) is 23.6. The zero-order valence-corrected chi connectivity index (χ0v) is 20.7. The number of amides is 2. The fourth-order valence-electron chi connectivity index (χ4n) is 5.24. The van der Waals surface area contributed by atoms with Crippen molar-refractivity contribution in [2.75, 3.05) is 29.2 Å². The molecular weight excluding hydrogens is 458 g/mol. The number of aromatic nitrogens is 4. The molecule has 0 aliphatic carbocycles. The second-order valence-corrected chi connectivity index (χ2v) is 9.62. The minimum Gasteiger partial charge on any atom is -0.378 e. The Labute approximate surface area is 209 Å². The van der Waals surface area contributed by atoms with Gasteiger partial charge in [0.05, 0.1) is 24.1 Å². The van der Waals surface area contributed by atoms with Gasteiger partial charge >= 0.3 is 0 Å². The Morgan fingerprint density at radius 1 is 1.08 bits per heavy atom. The van der Waals surface area contributed by atoms with E-state index in [4.69, 9.17) is 10.7 Å². The lowest BCUT2D eigenvalue weighted by molar-refractivity contribution is 0.0923. The van der Waals surface area contributed by atoms with E-state index in [9.17, 15) is 9.59 Å². The van der Waals surface area contributed by atoms with E-state index in [0.717, 1.165) is 31.4 Å². The van der Waals surface area contributed by atoms with E-state index >= 15 is 0 Å².